The van der Waals surface area contributed by atoms with E-state index in [1.165, 1.54) is 16.2 Å². The van der Waals surface area contributed by atoms with Crippen molar-refractivity contribution in [2.24, 2.45) is 0 Å². The van der Waals surface area contributed by atoms with Crippen LogP contribution in [0.25, 0.3) is 21.2 Å². The lowest BCUT2D eigenvalue weighted by atomic mass is 10.1. The summed E-state index contributed by atoms with van der Waals surface area (Å²) in [6, 6.07) is 12.4. The zero-order valence-electron chi connectivity index (χ0n) is 17.7. The SMILES string of the molecule is CN(C)CCN(C(=O)c1cc2ccccc2oc1=O)c1nc2cc3c(cc2s1)OCCO3. The molecule has 5 rings (SSSR count). The van der Waals surface area contributed by atoms with Crippen LogP contribution in [0.4, 0.5) is 5.13 Å². The van der Waals surface area contributed by atoms with Gasteiger partial charge in [0.15, 0.2) is 16.6 Å². The first-order chi connectivity index (χ1) is 15.5. The average molecular weight is 452 g/mol. The quantitative estimate of drug-likeness (QED) is 0.430. The van der Waals surface area contributed by atoms with Crippen molar-refractivity contribution in [3.05, 3.63) is 58.4 Å². The number of rotatable bonds is 5. The molecule has 9 heteroatoms. The molecule has 4 aromatic rings. The molecule has 0 aliphatic carbocycles. The highest BCUT2D eigenvalue weighted by Gasteiger charge is 2.26. The molecule has 32 heavy (non-hydrogen) atoms. The van der Waals surface area contributed by atoms with Crippen molar-refractivity contribution in [3.63, 3.8) is 0 Å². The fourth-order valence-corrected chi connectivity index (χ4v) is 4.51. The van der Waals surface area contributed by atoms with E-state index in [-0.39, 0.29) is 5.56 Å². The van der Waals surface area contributed by atoms with E-state index in [1.807, 2.05) is 37.2 Å². The van der Waals surface area contributed by atoms with Gasteiger partial charge in [-0.05, 0) is 26.2 Å². The molecule has 0 N–H and O–H groups in total. The Kier molecular flexibility index (Phi) is 5.28. The Balaban J connectivity index is 1.57. The van der Waals surface area contributed by atoms with Crippen molar-refractivity contribution in [1.82, 2.24) is 9.88 Å². The Morgan fingerprint density at radius 3 is 2.59 bits per heavy atom. The van der Waals surface area contributed by atoms with Crippen LogP contribution in [0.2, 0.25) is 0 Å². The van der Waals surface area contributed by atoms with Gasteiger partial charge in [0.25, 0.3) is 5.91 Å². The van der Waals surface area contributed by atoms with Gasteiger partial charge in [0.05, 0.1) is 10.2 Å². The summed E-state index contributed by atoms with van der Waals surface area (Å²) < 4.78 is 17.6. The lowest BCUT2D eigenvalue weighted by molar-refractivity contribution is 0.0982. The minimum absolute atomic E-state index is 0.0207. The van der Waals surface area contributed by atoms with Crippen LogP contribution in [0.1, 0.15) is 10.4 Å². The number of ether oxygens (including phenoxy) is 2. The predicted molar refractivity (Wildman–Crippen MR) is 123 cm³/mol. The van der Waals surface area contributed by atoms with Gasteiger partial charge in [-0.1, -0.05) is 29.5 Å². The summed E-state index contributed by atoms with van der Waals surface area (Å²) in [4.78, 5) is 34.3. The standard InChI is InChI=1S/C23H21N3O5S/c1-25(2)7-8-26(21(27)15-11-14-5-3-4-6-17(14)31-22(15)28)23-24-16-12-18-19(13-20(16)32-23)30-10-9-29-18/h3-6,11-13H,7-10H2,1-2H3. The summed E-state index contributed by atoms with van der Waals surface area (Å²) >= 11 is 1.37. The van der Waals surface area contributed by atoms with Gasteiger partial charge >= 0.3 is 5.63 Å². The molecule has 2 aromatic heterocycles. The summed E-state index contributed by atoms with van der Waals surface area (Å²) in [5, 5.41) is 1.19. The van der Waals surface area contributed by atoms with Gasteiger partial charge in [-0.15, -0.1) is 0 Å². The second kappa shape index (κ2) is 8.25. The minimum atomic E-state index is -0.665. The van der Waals surface area contributed by atoms with E-state index in [1.54, 1.807) is 24.3 Å². The van der Waals surface area contributed by atoms with Crippen LogP contribution in [0.3, 0.4) is 0 Å². The number of carbonyl (C=O) groups excluding carboxylic acids is 1. The summed E-state index contributed by atoms with van der Waals surface area (Å²) in [6.45, 7) is 1.95. The summed E-state index contributed by atoms with van der Waals surface area (Å²) in [5.74, 6) is 0.866. The van der Waals surface area contributed by atoms with E-state index in [0.717, 1.165) is 4.70 Å². The summed E-state index contributed by atoms with van der Waals surface area (Å²) in [5.41, 5.74) is 0.469. The molecule has 0 radical (unpaired) electrons. The van der Waals surface area contributed by atoms with Gasteiger partial charge in [0.2, 0.25) is 0 Å². The smallest absolute Gasteiger partial charge is 0.349 e. The van der Waals surface area contributed by atoms with Crippen LogP contribution in [0, 0.1) is 0 Å². The lowest BCUT2D eigenvalue weighted by Gasteiger charge is -2.21. The van der Waals surface area contributed by atoms with Crippen molar-refractivity contribution in [3.8, 4) is 11.5 Å². The van der Waals surface area contributed by atoms with Crippen molar-refractivity contribution < 1.29 is 18.7 Å². The Bertz CT molecular complexity index is 1330. The van der Waals surface area contributed by atoms with E-state index in [0.29, 0.717) is 59.4 Å². The molecule has 1 amide bonds. The number of hydrogen-bond acceptors (Lipinski definition) is 8. The number of fused-ring (bicyclic) bond motifs is 3. The maximum absolute atomic E-state index is 13.5. The largest absolute Gasteiger partial charge is 0.486 e. The maximum atomic E-state index is 13.5. The summed E-state index contributed by atoms with van der Waals surface area (Å²) in [7, 11) is 3.85. The third kappa shape index (κ3) is 3.80. The molecule has 1 aliphatic rings. The Morgan fingerprint density at radius 2 is 1.81 bits per heavy atom. The number of amides is 1. The number of likely N-dealkylation sites (N-methyl/N-ethyl adjacent to an activating group) is 1. The predicted octanol–water partition coefficient (Wildman–Crippen LogP) is 3.38. The van der Waals surface area contributed by atoms with Gasteiger partial charge in [0, 0.05) is 30.6 Å². The number of anilines is 1. The number of para-hydroxylation sites is 1. The second-order valence-electron chi connectivity index (χ2n) is 7.71. The topological polar surface area (TPSA) is 85.1 Å². The fourth-order valence-electron chi connectivity index (χ4n) is 3.51. The van der Waals surface area contributed by atoms with Crippen LogP contribution in [-0.4, -0.2) is 56.2 Å². The minimum Gasteiger partial charge on any atom is -0.486 e. The van der Waals surface area contributed by atoms with Gasteiger partial charge in [-0.2, -0.15) is 0 Å². The molecule has 0 bridgehead atoms. The van der Waals surface area contributed by atoms with Crippen molar-refractivity contribution >= 4 is 43.6 Å². The highest BCUT2D eigenvalue weighted by Crippen LogP contribution is 2.39. The molecule has 0 saturated carbocycles. The normalized spacial score (nSPS) is 13.1. The average Bonchev–Trinajstić information content (AvgIpc) is 3.19. The van der Waals surface area contributed by atoms with Gasteiger partial charge < -0.3 is 18.8 Å². The first kappa shape index (κ1) is 20.5. The van der Waals surface area contributed by atoms with E-state index >= 15 is 0 Å². The summed E-state index contributed by atoms with van der Waals surface area (Å²) in [6.07, 6.45) is 0. The number of aromatic nitrogens is 1. The van der Waals surface area contributed by atoms with E-state index in [4.69, 9.17) is 13.9 Å². The Labute approximate surface area is 187 Å². The molecule has 164 valence electrons. The third-order valence-corrected chi connectivity index (χ3v) is 6.20. The van der Waals surface area contributed by atoms with E-state index in [2.05, 4.69) is 4.98 Å². The van der Waals surface area contributed by atoms with Crippen molar-refractivity contribution in [2.75, 3.05) is 45.3 Å². The Morgan fingerprint density at radius 1 is 1.06 bits per heavy atom. The van der Waals surface area contributed by atoms with Gasteiger partial charge in [-0.25, -0.2) is 9.78 Å². The number of nitrogens with zero attached hydrogens (tertiary/aromatic N) is 3. The third-order valence-electron chi connectivity index (χ3n) is 5.16. The van der Waals surface area contributed by atoms with E-state index in [9.17, 15) is 9.59 Å². The van der Waals surface area contributed by atoms with Crippen LogP contribution in [0.15, 0.2) is 51.7 Å². The van der Waals surface area contributed by atoms with Gasteiger partial charge in [-0.3, -0.25) is 9.69 Å². The lowest BCUT2D eigenvalue weighted by Crippen LogP contribution is -2.38. The van der Waals surface area contributed by atoms with Gasteiger partial charge in [0.1, 0.15) is 24.4 Å². The van der Waals surface area contributed by atoms with Crippen LogP contribution in [0.5, 0.6) is 11.5 Å². The molecule has 0 atom stereocenters. The molecule has 3 heterocycles. The molecule has 1 aliphatic heterocycles. The molecule has 0 fully saturated rings. The van der Waals surface area contributed by atoms with E-state index < -0.39 is 11.5 Å². The highest BCUT2D eigenvalue weighted by molar-refractivity contribution is 7.22. The van der Waals surface area contributed by atoms with Crippen LogP contribution in [-0.2, 0) is 0 Å². The molecular weight excluding hydrogens is 430 g/mol. The number of hydrogen-bond donors (Lipinski definition) is 0. The highest BCUT2D eigenvalue weighted by atomic mass is 32.1. The number of thiazole rings is 1. The zero-order valence-corrected chi connectivity index (χ0v) is 18.5. The molecular formula is C23H21N3O5S. The van der Waals surface area contributed by atoms with Crippen molar-refractivity contribution in [1.29, 1.82) is 0 Å². The molecule has 2 aromatic carbocycles. The van der Waals surface area contributed by atoms with Crippen molar-refractivity contribution in [2.45, 2.75) is 0 Å². The maximum Gasteiger partial charge on any atom is 0.349 e. The fraction of sp³-hybridized carbons (Fsp3) is 0.261. The number of carbonyl (C=O) groups is 1. The second-order valence-corrected chi connectivity index (χ2v) is 8.71. The monoisotopic (exact) mass is 451 g/mol. The molecule has 0 spiro atoms. The zero-order chi connectivity index (χ0) is 22.2. The number of benzene rings is 2. The first-order valence-electron chi connectivity index (χ1n) is 10.2. The molecule has 8 nitrogen and oxygen atoms in total. The molecule has 0 saturated heterocycles. The molecule has 0 unspecified atom stereocenters. The Hall–Kier alpha value is -3.43. The van der Waals surface area contributed by atoms with Crippen LogP contribution < -0.4 is 20.0 Å². The van der Waals surface area contributed by atoms with Crippen LogP contribution >= 0.6 is 11.3 Å². The first-order valence-corrected chi connectivity index (χ1v) is 11.0.